The Bertz CT molecular complexity index is 362. The SMILES string of the molecule is CCC1(CC)NC(=O)CCN(CCOCC2CC2)C1=O. The number of hydrogen-bond acceptors (Lipinski definition) is 3. The van der Waals surface area contributed by atoms with Gasteiger partial charge in [-0.1, -0.05) is 13.8 Å². The van der Waals surface area contributed by atoms with Gasteiger partial charge in [0.1, 0.15) is 5.54 Å². The van der Waals surface area contributed by atoms with Crippen molar-refractivity contribution < 1.29 is 14.3 Å². The molecule has 0 radical (unpaired) electrons. The normalized spacial score (nSPS) is 22.6. The number of nitrogens with one attached hydrogen (secondary N) is 1. The van der Waals surface area contributed by atoms with Crippen LogP contribution in [0, 0.1) is 5.92 Å². The summed E-state index contributed by atoms with van der Waals surface area (Å²) in [5.74, 6) is 0.760. The zero-order valence-corrected chi connectivity index (χ0v) is 12.6. The van der Waals surface area contributed by atoms with Gasteiger partial charge in [0.2, 0.25) is 11.8 Å². The molecule has 2 rings (SSSR count). The van der Waals surface area contributed by atoms with Gasteiger partial charge in [-0.2, -0.15) is 0 Å². The fraction of sp³-hybridized carbons (Fsp3) is 0.867. The number of nitrogens with zero attached hydrogens (tertiary/aromatic N) is 1. The smallest absolute Gasteiger partial charge is 0.248 e. The van der Waals surface area contributed by atoms with E-state index in [1.807, 2.05) is 13.8 Å². The number of ether oxygens (including phenoxy) is 1. The van der Waals surface area contributed by atoms with Gasteiger partial charge in [0.25, 0.3) is 0 Å². The van der Waals surface area contributed by atoms with Crippen LogP contribution in [0.25, 0.3) is 0 Å². The lowest BCUT2D eigenvalue weighted by molar-refractivity contribution is -0.139. The standard InChI is InChI=1S/C15H26N2O3/c1-3-15(4-2)14(19)17(8-7-13(18)16-15)9-10-20-11-12-5-6-12/h12H,3-11H2,1-2H3,(H,16,18). The van der Waals surface area contributed by atoms with E-state index in [4.69, 9.17) is 4.74 Å². The Morgan fingerprint density at radius 2 is 2.00 bits per heavy atom. The van der Waals surface area contributed by atoms with Gasteiger partial charge in [-0.15, -0.1) is 0 Å². The second kappa shape index (κ2) is 6.57. The molecule has 1 saturated carbocycles. The van der Waals surface area contributed by atoms with E-state index in [1.54, 1.807) is 4.90 Å². The second-order valence-electron chi connectivity index (χ2n) is 5.90. The maximum Gasteiger partial charge on any atom is 0.248 e. The molecule has 0 aromatic carbocycles. The van der Waals surface area contributed by atoms with Crippen LogP contribution in [0.1, 0.15) is 46.0 Å². The predicted molar refractivity (Wildman–Crippen MR) is 76.2 cm³/mol. The molecule has 0 atom stereocenters. The van der Waals surface area contributed by atoms with E-state index in [2.05, 4.69) is 5.32 Å². The van der Waals surface area contributed by atoms with E-state index >= 15 is 0 Å². The third-order valence-electron chi connectivity index (χ3n) is 4.45. The van der Waals surface area contributed by atoms with Crippen LogP contribution >= 0.6 is 0 Å². The summed E-state index contributed by atoms with van der Waals surface area (Å²) in [4.78, 5) is 26.3. The monoisotopic (exact) mass is 282 g/mol. The summed E-state index contributed by atoms with van der Waals surface area (Å²) in [5.41, 5.74) is -0.718. The van der Waals surface area contributed by atoms with Crippen LogP contribution in [0.5, 0.6) is 0 Å². The highest BCUT2D eigenvalue weighted by Crippen LogP contribution is 2.28. The summed E-state index contributed by atoms with van der Waals surface area (Å²) in [5, 5.41) is 2.92. The lowest BCUT2D eigenvalue weighted by Crippen LogP contribution is -2.56. The minimum atomic E-state index is -0.718. The van der Waals surface area contributed by atoms with Crippen LogP contribution in [-0.2, 0) is 14.3 Å². The van der Waals surface area contributed by atoms with Crippen molar-refractivity contribution >= 4 is 11.8 Å². The topological polar surface area (TPSA) is 58.6 Å². The first-order valence-electron chi connectivity index (χ1n) is 7.79. The highest BCUT2D eigenvalue weighted by atomic mass is 16.5. The molecule has 1 aliphatic carbocycles. The quantitative estimate of drug-likeness (QED) is 0.717. The van der Waals surface area contributed by atoms with Crippen LogP contribution in [-0.4, -0.2) is 48.6 Å². The molecule has 0 aromatic heterocycles. The molecule has 1 saturated heterocycles. The minimum absolute atomic E-state index is 0.0246. The van der Waals surface area contributed by atoms with E-state index in [1.165, 1.54) is 12.8 Å². The zero-order valence-electron chi connectivity index (χ0n) is 12.6. The van der Waals surface area contributed by atoms with Crippen LogP contribution in [0.2, 0.25) is 0 Å². The average molecular weight is 282 g/mol. The first-order valence-corrected chi connectivity index (χ1v) is 7.79. The van der Waals surface area contributed by atoms with Crippen molar-refractivity contribution in [2.75, 3.05) is 26.3 Å². The van der Waals surface area contributed by atoms with E-state index in [9.17, 15) is 9.59 Å². The van der Waals surface area contributed by atoms with Gasteiger partial charge in [-0.05, 0) is 31.6 Å². The third kappa shape index (κ3) is 3.51. The molecule has 1 heterocycles. The predicted octanol–water partition coefficient (Wildman–Crippen LogP) is 1.32. The highest BCUT2D eigenvalue weighted by molar-refractivity contribution is 5.93. The first kappa shape index (κ1) is 15.3. The van der Waals surface area contributed by atoms with E-state index < -0.39 is 5.54 Å². The molecule has 0 spiro atoms. The Kier molecular flexibility index (Phi) is 5.02. The molecule has 5 heteroatoms. The van der Waals surface area contributed by atoms with Crippen molar-refractivity contribution in [3.05, 3.63) is 0 Å². The van der Waals surface area contributed by atoms with E-state index in [-0.39, 0.29) is 11.8 Å². The first-order chi connectivity index (χ1) is 9.61. The average Bonchev–Trinajstić information content (AvgIpc) is 3.27. The Labute approximate surface area is 121 Å². The van der Waals surface area contributed by atoms with E-state index in [0.29, 0.717) is 39.0 Å². The van der Waals surface area contributed by atoms with Crippen LogP contribution in [0.3, 0.4) is 0 Å². The lowest BCUT2D eigenvalue weighted by atomic mass is 9.91. The summed E-state index contributed by atoms with van der Waals surface area (Å²) < 4.78 is 5.61. The van der Waals surface area contributed by atoms with Gasteiger partial charge in [-0.3, -0.25) is 9.59 Å². The summed E-state index contributed by atoms with van der Waals surface area (Å²) in [6, 6.07) is 0. The zero-order chi connectivity index (χ0) is 14.6. The van der Waals surface area contributed by atoms with Gasteiger partial charge in [-0.25, -0.2) is 0 Å². The summed E-state index contributed by atoms with van der Waals surface area (Å²) >= 11 is 0. The Balaban J connectivity index is 1.91. The molecule has 114 valence electrons. The largest absolute Gasteiger partial charge is 0.379 e. The number of amides is 2. The van der Waals surface area contributed by atoms with Crippen LogP contribution in [0.4, 0.5) is 0 Å². The number of carbonyl (C=O) groups excluding carboxylic acids is 2. The van der Waals surface area contributed by atoms with Gasteiger partial charge in [0.05, 0.1) is 6.61 Å². The van der Waals surface area contributed by atoms with Crippen molar-refractivity contribution in [2.45, 2.75) is 51.5 Å². The molecule has 1 N–H and O–H groups in total. The van der Waals surface area contributed by atoms with Gasteiger partial charge in [0, 0.05) is 26.1 Å². The van der Waals surface area contributed by atoms with Gasteiger partial charge >= 0.3 is 0 Å². The molecule has 20 heavy (non-hydrogen) atoms. The molecule has 0 aromatic rings. The van der Waals surface area contributed by atoms with Crippen LogP contribution < -0.4 is 5.32 Å². The van der Waals surface area contributed by atoms with Crippen molar-refractivity contribution in [2.24, 2.45) is 5.92 Å². The molecule has 0 bridgehead atoms. The van der Waals surface area contributed by atoms with Crippen molar-refractivity contribution in [1.29, 1.82) is 0 Å². The molecule has 2 aliphatic rings. The van der Waals surface area contributed by atoms with Crippen LogP contribution in [0.15, 0.2) is 0 Å². The summed E-state index contributed by atoms with van der Waals surface area (Å²) in [6.07, 6.45) is 4.20. The molecule has 2 amide bonds. The van der Waals surface area contributed by atoms with Gasteiger partial charge < -0.3 is 15.0 Å². The van der Waals surface area contributed by atoms with E-state index in [0.717, 1.165) is 12.5 Å². The number of hydrogen-bond donors (Lipinski definition) is 1. The maximum atomic E-state index is 12.7. The fourth-order valence-corrected chi connectivity index (χ4v) is 2.68. The Morgan fingerprint density at radius 3 is 2.60 bits per heavy atom. The van der Waals surface area contributed by atoms with Crippen molar-refractivity contribution in [3.63, 3.8) is 0 Å². The Hall–Kier alpha value is -1.10. The third-order valence-corrected chi connectivity index (χ3v) is 4.45. The van der Waals surface area contributed by atoms with Gasteiger partial charge in [0.15, 0.2) is 0 Å². The minimum Gasteiger partial charge on any atom is -0.379 e. The number of rotatable bonds is 7. The fourth-order valence-electron chi connectivity index (χ4n) is 2.68. The number of carbonyl (C=O) groups is 2. The molecular weight excluding hydrogens is 256 g/mol. The second-order valence-corrected chi connectivity index (χ2v) is 5.90. The Morgan fingerprint density at radius 1 is 1.30 bits per heavy atom. The van der Waals surface area contributed by atoms with Crippen molar-refractivity contribution in [3.8, 4) is 0 Å². The lowest BCUT2D eigenvalue weighted by Gasteiger charge is -2.33. The summed E-state index contributed by atoms with van der Waals surface area (Å²) in [7, 11) is 0. The molecule has 5 nitrogen and oxygen atoms in total. The summed E-state index contributed by atoms with van der Waals surface area (Å²) in [6.45, 7) is 6.37. The molecule has 0 unspecified atom stereocenters. The maximum absolute atomic E-state index is 12.7. The molecule has 2 fully saturated rings. The molecule has 1 aliphatic heterocycles. The van der Waals surface area contributed by atoms with Crippen molar-refractivity contribution in [1.82, 2.24) is 10.2 Å². The molecular formula is C15H26N2O3. The highest BCUT2D eigenvalue weighted by Gasteiger charge is 2.41.